The summed E-state index contributed by atoms with van der Waals surface area (Å²) in [7, 11) is 0. The summed E-state index contributed by atoms with van der Waals surface area (Å²) >= 11 is 0. The predicted molar refractivity (Wildman–Crippen MR) is 131 cm³/mol. The molecule has 0 bridgehead atoms. The van der Waals surface area contributed by atoms with Gasteiger partial charge in [-0.1, -0.05) is 27.7 Å². The summed E-state index contributed by atoms with van der Waals surface area (Å²) in [5, 5.41) is 10.3. The van der Waals surface area contributed by atoms with Gasteiger partial charge < -0.3 is 10.6 Å². The Morgan fingerprint density at radius 2 is 1.74 bits per heavy atom. The topological polar surface area (TPSA) is 120 Å². The third-order valence-corrected chi connectivity index (χ3v) is 5.07. The van der Waals surface area contributed by atoms with Gasteiger partial charge >= 0.3 is 5.69 Å². The highest BCUT2D eigenvalue weighted by molar-refractivity contribution is 5.98. The van der Waals surface area contributed by atoms with Crippen LogP contribution in [0.1, 0.15) is 58.8 Å². The number of fused-ring (bicyclic) bond motifs is 3. The zero-order valence-electron chi connectivity index (χ0n) is 20.9. The van der Waals surface area contributed by atoms with E-state index in [9.17, 15) is 19.2 Å². The van der Waals surface area contributed by atoms with Crippen LogP contribution in [-0.4, -0.2) is 42.6 Å². The first kappa shape index (κ1) is 25.2. The van der Waals surface area contributed by atoms with Crippen molar-refractivity contribution in [1.82, 2.24) is 29.4 Å². The quantitative estimate of drug-likeness (QED) is 0.545. The molecule has 0 aliphatic heterocycles. The normalized spacial score (nSPS) is 12.1. The van der Waals surface area contributed by atoms with Gasteiger partial charge in [-0.25, -0.2) is 13.9 Å². The van der Waals surface area contributed by atoms with Crippen molar-refractivity contribution in [2.75, 3.05) is 6.54 Å². The van der Waals surface area contributed by atoms with Crippen molar-refractivity contribution in [1.29, 1.82) is 0 Å². The maximum Gasteiger partial charge on any atom is 0.352 e. The van der Waals surface area contributed by atoms with Gasteiger partial charge in [0.15, 0.2) is 0 Å². The molecule has 10 heteroatoms. The molecule has 2 heterocycles. The summed E-state index contributed by atoms with van der Waals surface area (Å²) in [5.41, 5.74) is -0.710. The maximum absolute atomic E-state index is 13.4. The number of carbonyl (C=O) groups is 2. The van der Waals surface area contributed by atoms with Crippen LogP contribution in [0.5, 0.6) is 0 Å². The first-order valence-electron chi connectivity index (χ1n) is 11.5. The molecule has 2 amide bonds. The molecular formula is C24H34N6O4. The van der Waals surface area contributed by atoms with Crippen LogP contribution in [0.4, 0.5) is 0 Å². The second kappa shape index (κ2) is 9.44. The van der Waals surface area contributed by atoms with Gasteiger partial charge in [-0.15, -0.1) is 5.10 Å². The number of nitrogens with zero attached hydrogens (tertiary/aromatic N) is 4. The number of hydrogen-bond donors (Lipinski definition) is 2. The van der Waals surface area contributed by atoms with E-state index in [-0.39, 0.29) is 47.0 Å². The number of aromatic nitrogens is 4. The molecule has 184 valence electrons. The van der Waals surface area contributed by atoms with Gasteiger partial charge in [0.2, 0.25) is 11.7 Å². The van der Waals surface area contributed by atoms with Gasteiger partial charge in [-0.05, 0) is 50.8 Å². The van der Waals surface area contributed by atoms with Crippen molar-refractivity contribution in [2.45, 2.75) is 67.1 Å². The lowest BCUT2D eigenvalue weighted by Gasteiger charge is -2.20. The highest BCUT2D eigenvalue weighted by Gasteiger charge is 2.21. The highest BCUT2D eigenvalue weighted by Crippen LogP contribution is 2.15. The number of benzene rings is 1. The third-order valence-electron chi connectivity index (χ3n) is 5.07. The van der Waals surface area contributed by atoms with E-state index >= 15 is 0 Å². The van der Waals surface area contributed by atoms with E-state index < -0.39 is 11.2 Å². The Bertz CT molecular complexity index is 1350. The smallest absolute Gasteiger partial charge is 0.352 e. The first-order chi connectivity index (χ1) is 15.8. The molecule has 3 rings (SSSR count). The summed E-state index contributed by atoms with van der Waals surface area (Å²) < 4.78 is 3.81. The van der Waals surface area contributed by atoms with Crippen LogP contribution in [0.2, 0.25) is 0 Å². The van der Waals surface area contributed by atoms with Crippen molar-refractivity contribution in [3.05, 3.63) is 44.6 Å². The van der Waals surface area contributed by atoms with Crippen LogP contribution >= 0.6 is 0 Å². The molecule has 0 atom stereocenters. The van der Waals surface area contributed by atoms with Crippen LogP contribution < -0.4 is 21.9 Å². The van der Waals surface area contributed by atoms with E-state index in [1.54, 1.807) is 12.1 Å². The Hall–Kier alpha value is -3.43. The van der Waals surface area contributed by atoms with Crippen molar-refractivity contribution < 1.29 is 9.59 Å². The van der Waals surface area contributed by atoms with Gasteiger partial charge in [0.05, 0.1) is 10.9 Å². The Morgan fingerprint density at radius 1 is 1.06 bits per heavy atom. The largest absolute Gasteiger partial charge is 0.352 e. The third kappa shape index (κ3) is 5.37. The predicted octanol–water partition coefficient (Wildman–Crippen LogP) is 1.77. The molecule has 2 aromatic heterocycles. The van der Waals surface area contributed by atoms with Crippen molar-refractivity contribution in [3.8, 4) is 0 Å². The molecule has 0 radical (unpaired) electrons. The molecule has 0 spiro atoms. The highest BCUT2D eigenvalue weighted by atomic mass is 16.2. The maximum atomic E-state index is 13.4. The fourth-order valence-corrected chi connectivity index (χ4v) is 3.68. The lowest BCUT2D eigenvalue weighted by Crippen LogP contribution is -2.43. The number of carbonyl (C=O) groups excluding carboxylic acids is 2. The summed E-state index contributed by atoms with van der Waals surface area (Å²) in [6, 6.07) is 4.67. The fourth-order valence-electron chi connectivity index (χ4n) is 3.68. The number of hydrogen-bond acceptors (Lipinski definition) is 5. The zero-order valence-corrected chi connectivity index (χ0v) is 20.9. The summed E-state index contributed by atoms with van der Waals surface area (Å²) in [6.45, 7) is 14.0. The minimum absolute atomic E-state index is 0.115. The Morgan fingerprint density at radius 3 is 2.32 bits per heavy atom. The number of rotatable bonds is 7. The fraction of sp³-hybridized carbons (Fsp3) is 0.542. The standard InChI is InChI=1S/C24H34N6O4/c1-14(2)11-25-20(32)16-8-9-17-18(10-16)30-22(28(21(17)33)12-15(3)4)27-29(23(30)34)13-19(31)26-24(5,6)7/h8-10,14-15H,11-13H2,1-7H3,(H,25,32)(H,26,31). The lowest BCUT2D eigenvalue weighted by atomic mass is 10.1. The van der Waals surface area contributed by atoms with Gasteiger partial charge in [0.1, 0.15) is 6.54 Å². The average molecular weight is 471 g/mol. The minimum Gasteiger partial charge on any atom is -0.352 e. The second-order valence-corrected chi connectivity index (χ2v) is 10.5. The van der Waals surface area contributed by atoms with Gasteiger partial charge in [-0.3, -0.25) is 19.0 Å². The van der Waals surface area contributed by atoms with Crippen molar-refractivity contribution in [3.63, 3.8) is 0 Å². The van der Waals surface area contributed by atoms with Crippen LogP contribution in [0.3, 0.4) is 0 Å². The Labute approximate surface area is 197 Å². The monoisotopic (exact) mass is 470 g/mol. The van der Waals surface area contributed by atoms with Gasteiger partial charge in [-0.2, -0.15) is 0 Å². The Balaban J connectivity index is 2.22. The van der Waals surface area contributed by atoms with Crippen molar-refractivity contribution in [2.24, 2.45) is 11.8 Å². The van der Waals surface area contributed by atoms with Gasteiger partial charge in [0.25, 0.3) is 11.5 Å². The Kier molecular flexibility index (Phi) is 6.99. The number of amides is 2. The molecule has 0 aliphatic rings. The molecule has 34 heavy (non-hydrogen) atoms. The second-order valence-electron chi connectivity index (χ2n) is 10.5. The zero-order chi connectivity index (χ0) is 25.4. The van der Waals surface area contributed by atoms with E-state index in [1.165, 1.54) is 15.0 Å². The minimum atomic E-state index is -0.554. The number of nitrogens with one attached hydrogen (secondary N) is 2. The van der Waals surface area contributed by atoms with Crippen LogP contribution in [0, 0.1) is 11.8 Å². The molecule has 0 saturated carbocycles. The molecule has 2 N–H and O–H groups in total. The summed E-state index contributed by atoms with van der Waals surface area (Å²) in [6.07, 6.45) is 0. The molecule has 0 fully saturated rings. The molecular weight excluding hydrogens is 436 g/mol. The van der Waals surface area contributed by atoms with Crippen LogP contribution in [-0.2, 0) is 17.9 Å². The summed E-state index contributed by atoms with van der Waals surface area (Å²) in [4.78, 5) is 51.8. The molecule has 0 saturated heterocycles. The van der Waals surface area contributed by atoms with E-state index in [0.29, 0.717) is 24.0 Å². The SMILES string of the molecule is CC(C)CNC(=O)c1ccc2c(=O)n(CC(C)C)c3nn(CC(=O)NC(C)(C)C)c(=O)n3c2c1. The average Bonchev–Trinajstić information content (AvgIpc) is 3.03. The van der Waals surface area contributed by atoms with Crippen molar-refractivity contribution >= 4 is 28.5 Å². The van der Waals surface area contributed by atoms with E-state index in [1.807, 2.05) is 48.5 Å². The first-order valence-corrected chi connectivity index (χ1v) is 11.5. The van der Waals surface area contributed by atoms with Gasteiger partial charge in [0, 0.05) is 24.2 Å². The molecule has 3 aromatic rings. The summed E-state index contributed by atoms with van der Waals surface area (Å²) in [5.74, 6) is -0.127. The van der Waals surface area contributed by atoms with E-state index in [2.05, 4.69) is 15.7 Å². The lowest BCUT2D eigenvalue weighted by molar-refractivity contribution is -0.123. The molecule has 10 nitrogen and oxygen atoms in total. The van der Waals surface area contributed by atoms with Crippen LogP contribution in [0.25, 0.3) is 16.7 Å². The van der Waals surface area contributed by atoms with Crippen LogP contribution in [0.15, 0.2) is 27.8 Å². The molecule has 1 aromatic carbocycles. The molecule has 0 unspecified atom stereocenters. The van der Waals surface area contributed by atoms with E-state index in [4.69, 9.17) is 0 Å². The molecule has 0 aliphatic carbocycles. The van der Waals surface area contributed by atoms with E-state index in [0.717, 1.165) is 4.68 Å².